The second kappa shape index (κ2) is 3.75. The van der Waals surface area contributed by atoms with Gasteiger partial charge in [0.2, 0.25) is 5.91 Å². The van der Waals surface area contributed by atoms with Crippen LogP contribution in [0, 0.1) is 17.3 Å². The van der Waals surface area contributed by atoms with Crippen LogP contribution in [-0.4, -0.2) is 35.0 Å². The van der Waals surface area contributed by atoms with E-state index in [4.69, 9.17) is 5.11 Å². The number of hydrogen-bond donors (Lipinski definition) is 1. The molecular formula is C12H19NO3. The maximum Gasteiger partial charge on any atom is 0.318 e. The van der Waals surface area contributed by atoms with Crippen molar-refractivity contribution in [1.29, 1.82) is 0 Å². The molecule has 0 radical (unpaired) electrons. The molecular weight excluding hydrogens is 206 g/mol. The molecule has 1 saturated carbocycles. The summed E-state index contributed by atoms with van der Waals surface area (Å²) in [5.41, 5.74) is -1.28. The first-order chi connectivity index (χ1) is 7.43. The number of fused-ring (bicyclic) bond motifs is 1. The van der Waals surface area contributed by atoms with Crippen molar-refractivity contribution in [2.75, 3.05) is 13.1 Å². The van der Waals surface area contributed by atoms with E-state index in [0.717, 1.165) is 13.1 Å². The molecule has 4 nitrogen and oxygen atoms in total. The number of carboxylic acid groups (broad SMARTS) is 1. The monoisotopic (exact) mass is 225 g/mol. The minimum atomic E-state index is -1.28. The quantitative estimate of drug-likeness (QED) is 0.722. The largest absolute Gasteiger partial charge is 0.480 e. The maximum absolute atomic E-state index is 12.1. The lowest BCUT2D eigenvalue weighted by atomic mass is 9.92. The highest BCUT2D eigenvalue weighted by molar-refractivity contribution is 6.01. The molecule has 0 aromatic carbocycles. The summed E-state index contributed by atoms with van der Waals surface area (Å²) in [6.45, 7) is 4.51. The smallest absolute Gasteiger partial charge is 0.318 e. The van der Waals surface area contributed by atoms with Crippen LogP contribution in [0.5, 0.6) is 0 Å². The number of rotatable bonds is 2. The van der Waals surface area contributed by atoms with Gasteiger partial charge in [0.1, 0.15) is 5.41 Å². The molecule has 1 aliphatic carbocycles. The van der Waals surface area contributed by atoms with Crippen LogP contribution in [-0.2, 0) is 9.59 Å². The third-order valence-electron chi connectivity index (χ3n) is 4.08. The van der Waals surface area contributed by atoms with E-state index in [-0.39, 0.29) is 5.91 Å². The summed E-state index contributed by atoms with van der Waals surface area (Å²) < 4.78 is 0. The Morgan fingerprint density at radius 3 is 2.12 bits per heavy atom. The summed E-state index contributed by atoms with van der Waals surface area (Å²) in [5.74, 6) is -0.0222. The van der Waals surface area contributed by atoms with Gasteiger partial charge in [0.25, 0.3) is 0 Å². The van der Waals surface area contributed by atoms with Crippen LogP contribution in [0.2, 0.25) is 0 Å². The number of nitrogens with zero attached hydrogens (tertiary/aromatic N) is 1. The van der Waals surface area contributed by atoms with Gasteiger partial charge < -0.3 is 10.0 Å². The van der Waals surface area contributed by atoms with Gasteiger partial charge in [-0.05, 0) is 38.5 Å². The average Bonchev–Trinajstić information content (AvgIpc) is 2.74. The van der Waals surface area contributed by atoms with Crippen molar-refractivity contribution in [3.63, 3.8) is 0 Å². The molecule has 2 rings (SSSR count). The summed E-state index contributed by atoms with van der Waals surface area (Å²) in [4.78, 5) is 24.9. The number of aliphatic carboxylic acids is 1. The van der Waals surface area contributed by atoms with Crippen molar-refractivity contribution in [3.05, 3.63) is 0 Å². The second-order valence-corrected chi connectivity index (χ2v) is 5.59. The van der Waals surface area contributed by atoms with Crippen LogP contribution in [0.3, 0.4) is 0 Å². The predicted octanol–water partition coefficient (Wildman–Crippen LogP) is 1.36. The summed E-state index contributed by atoms with van der Waals surface area (Å²) in [7, 11) is 0. The van der Waals surface area contributed by atoms with Crippen LogP contribution in [0.1, 0.15) is 33.1 Å². The molecule has 90 valence electrons. The number of likely N-dealkylation sites (tertiary alicyclic amines) is 1. The summed E-state index contributed by atoms with van der Waals surface area (Å²) in [6.07, 6.45) is 3.66. The van der Waals surface area contributed by atoms with Gasteiger partial charge in [-0.25, -0.2) is 0 Å². The molecule has 16 heavy (non-hydrogen) atoms. The average molecular weight is 225 g/mol. The minimum Gasteiger partial charge on any atom is -0.480 e. The fourth-order valence-corrected chi connectivity index (χ4v) is 2.89. The lowest BCUT2D eigenvalue weighted by Gasteiger charge is -2.26. The van der Waals surface area contributed by atoms with E-state index in [9.17, 15) is 9.59 Å². The van der Waals surface area contributed by atoms with Gasteiger partial charge in [0.05, 0.1) is 0 Å². The summed E-state index contributed by atoms with van der Waals surface area (Å²) in [6, 6.07) is 0. The first-order valence-electron chi connectivity index (χ1n) is 5.95. The zero-order valence-electron chi connectivity index (χ0n) is 9.90. The molecule has 1 N–H and O–H groups in total. The number of amides is 1. The van der Waals surface area contributed by atoms with Gasteiger partial charge in [-0.1, -0.05) is 6.42 Å². The Hall–Kier alpha value is -1.06. The Balaban J connectivity index is 2.05. The van der Waals surface area contributed by atoms with Gasteiger partial charge >= 0.3 is 5.97 Å². The lowest BCUT2D eigenvalue weighted by Crippen LogP contribution is -2.44. The Labute approximate surface area is 95.6 Å². The standard InChI is InChI=1S/C12H19NO3/c1-12(2,11(15)16)10(14)13-6-8-4-3-5-9(8)7-13/h8-9H,3-7H2,1-2H3,(H,15,16). The van der Waals surface area contributed by atoms with Crippen molar-refractivity contribution in [2.45, 2.75) is 33.1 Å². The molecule has 2 unspecified atom stereocenters. The molecule has 1 heterocycles. The van der Waals surface area contributed by atoms with E-state index in [1.54, 1.807) is 4.90 Å². The Kier molecular flexibility index (Phi) is 2.68. The number of hydrogen-bond acceptors (Lipinski definition) is 2. The predicted molar refractivity (Wildman–Crippen MR) is 58.8 cm³/mol. The summed E-state index contributed by atoms with van der Waals surface area (Å²) >= 11 is 0. The third kappa shape index (κ3) is 1.70. The zero-order chi connectivity index (χ0) is 11.9. The van der Waals surface area contributed by atoms with Gasteiger partial charge in [0, 0.05) is 13.1 Å². The topological polar surface area (TPSA) is 57.6 Å². The first-order valence-corrected chi connectivity index (χ1v) is 5.95. The van der Waals surface area contributed by atoms with Crippen LogP contribution >= 0.6 is 0 Å². The van der Waals surface area contributed by atoms with Crippen LogP contribution in [0.4, 0.5) is 0 Å². The molecule has 4 heteroatoms. The van der Waals surface area contributed by atoms with Gasteiger partial charge in [-0.15, -0.1) is 0 Å². The first kappa shape index (κ1) is 11.4. The maximum atomic E-state index is 12.1. The van der Waals surface area contributed by atoms with Gasteiger partial charge in [-0.2, -0.15) is 0 Å². The van der Waals surface area contributed by atoms with Crippen molar-refractivity contribution < 1.29 is 14.7 Å². The summed E-state index contributed by atoms with van der Waals surface area (Å²) in [5, 5.41) is 9.03. The lowest BCUT2D eigenvalue weighted by molar-refractivity contribution is -0.157. The molecule has 2 fully saturated rings. The number of carbonyl (C=O) groups is 2. The van der Waals surface area contributed by atoms with E-state index in [1.165, 1.54) is 33.1 Å². The van der Waals surface area contributed by atoms with Crippen molar-refractivity contribution >= 4 is 11.9 Å². The van der Waals surface area contributed by atoms with Crippen molar-refractivity contribution in [1.82, 2.24) is 4.90 Å². The normalized spacial score (nSPS) is 29.2. The van der Waals surface area contributed by atoms with E-state index in [0.29, 0.717) is 11.8 Å². The van der Waals surface area contributed by atoms with Gasteiger partial charge in [-0.3, -0.25) is 9.59 Å². The van der Waals surface area contributed by atoms with Crippen molar-refractivity contribution in [3.8, 4) is 0 Å². The Bertz CT molecular complexity index is 312. The Morgan fingerprint density at radius 1 is 1.19 bits per heavy atom. The van der Waals surface area contributed by atoms with E-state index in [1.807, 2.05) is 0 Å². The molecule has 2 aliphatic rings. The van der Waals surface area contributed by atoms with Crippen molar-refractivity contribution in [2.24, 2.45) is 17.3 Å². The van der Waals surface area contributed by atoms with E-state index < -0.39 is 11.4 Å². The molecule has 0 spiro atoms. The van der Waals surface area contributed by atoms with Crippen LogP contribution in [0.15, 0.2) is 0 Å². The highest BCUT2D eigenvalue weighted by Gasteiger charge is 2.45. The SMILES string of the molecule is CC(C)(C(=O)O)C(=O)N1CC2CCCC2C1. The molecule has 1 amide bonds. The second-order valence-electron chi connectivity index (χ2n) is 5.59. The zero-order valence-corrected chi connectivity index (χ0v) is 9.90. The van der Waals surface area contributed by atoms with Crippen LogP contribution in [0.25, 0.3) is 0 Å². The molecule has 1 saturated heterocycles. The minimum absolute atomic E-state index is 0.227. The molecule has 0 aromatic rings. The highest BCUT2D eigenvalue weighted by atomic mass is 16.4. The highest BCUT2D eigenvalue weighted by Crippen LogP contribution is 2.39. The molecule has 1 aliphatic heterocycles. The number of carbonyl (C=O) groups excluding carboxylic acids is 1. The molecule has 0 aromatic heterocycles. The fourth-order valence-electron chi connectivity index (χ4n) is 2.89. The van der Waals surface area contributed by atoms with Crippen LogP contribution < -0.4 is 0 Å². The van der Waals surface area contributed by atoms with Gasteiger partial charge in [0.15, 0.2) is 0 Å². The number of carboxylic acids is 1. The van der Waals surface area contributed by atoms with E-state index >= 15 is 0 Å². The molecule has 2 atom stereocenters. The Morgan fingerprint density at radius 2 is 1.69 bits per heavy atom. The fraction of sp³-hybridized carbons (Fsp3) is 0.833. The third-order valence-corrected chi connectivity index (χ3v) is 4.08. The van der Waals surface area contributed by atoms with E-state index in [2.05, 4.69) is 0 Å². The molecule has 0 bridgehead atoms.